The Morgan fingerprint density at radius 3 is 1.16 bits per heavy atom. The highest BCUT2D eigenvalue weighted by Crippen LogP contribution is 2.39. The molecule has 0 aliphatic carbocycles. The van der Waals surface area contributed by atoms with Gasteiger partial charge in [0.2, 0.25) is 0 Å². The third kappa shape index (κ3) is 7.06. The van der Waals surface area contributed by atoms with E-state index in [2.05, 4.69) is 0 Å². The third-order valence-corrected chi connectivity index (χ3v) is 9.34. The second-order valence-electron chi connectivity index (χ2n) is 11.4. The summed E-state index contributed by atoms with van der Waals surface area (Å²) in [5.74, 6) is 0.654. The number of nitrogens with zero attached hydrogens (tertiary/aromatic N) is 4. The van der Waals surface area contributed by atoms with Crippen molar-refractivity contribution in [3.8, 4) is 11.5 Å². The fourth-order valence-corrected chi connectivity index (χ4v) is 7.01. The van der Waals surface area contributed by atoms with Crippen LogP contribution < -0.4 is 27.7 Å². The molecule has 2 atom stereocenters. The maximum absolute atomic E-state index is 12.6. The van der Waals surface area contributed by atoms with E-state index in [1.807, 2.05) is 98.7 Å². The third-order valence-electron chi connectivity index (χ3n) is 7.92. The van der Waals surface area contributed by atoms with Crippen LogP contribution in [0.2, 0.25) is 0 Å². The Kier molecular flexibility index (Phi) is 10.1. The summed E-state index contributed by atoms with van der Waals surface area (Å²) in [6, 6.07) is 35.8. The monoisotopic (exact) mass is 691 g/mol. The quantitative estimate of drug-likeness (QED) is 0.0999. The molecule has 2 unspecified atom stereocenters. The molecule has 6 aromatic carbocycles. The van der Waals surface area contributed by atoms with Crippen LogP contribution in [-0.2, 0) is 22.5 Å². The average molecular weight is 692 g/mol. The molecule has 10 nitrogen and oxygen atoms in total. The van der Waals surface area contributed by atoms with Gasteiger partial charge in [-0.3, -0.25) is 17.0 Å². The van der Waals surface area contributed by atoms with Crippen LogP contribution in [0, 0.1) is 0 Å². The van der Waals surface area contributed by atoms with Gasteiger partial charge in [-0.2, -0.15) is 0 Å². The first-order valence-corrected chi connectivity index (χ1v) is 17.2. The molecule has 1 radical (unpaired) electrons. The zero-order valence-electron chi connectivity index (χ0n) is 27.2. The SMILES string of the molecule is CN(C)c1cccc2c(N(c3cccc(O[B]Oc4cccc(N(c5cccc6c(N(C)C)cccc56)S(=O)[O-])c4)c3)S(=O)[O-])cccc12. The Bertz CT molecular complexity index is 2030. The first kappa shape index (κ1) is 33.8. The highest BCUT2D eigenvalue weighted by molar-refractivity contribution is 7.81. The lowest BCUT2D eigenvalue weighted by molar-refractivity contribution is 0.459. The van der Waals surface area contributed by atoms with E-state index in [1.165, 1.54) is 8.61 Å². The van der Waals surface area contributed by atoms with Crippen LogP contribution in [0.15, 0.2) is 121 Å². The van der Waals surface area contributed by atoms with Gasteiger partial charge in [-0.1, -0.05) is 60.7 Å². The molecule has 0 bridgehead atoms. The molecule has 6 aromatic rings. The minimum Gasteiger partial charge on any atom is -0.755 e. The molecule has 0 N–H and O–H groups in total. The van der Waals surface area contributed by atoms with Gasteiger partial charge >= 0.3 is 7.69 Å². The summed E-state index contributed by atoms with van der Waals surface area (Å²) in [5.41, 5.74) is 3.64. The molecule has 249 valence electrons. The molecule has 13 heteroatoms. The van der Waals surface area contributed by atoms with Crippen molar-refractivity contribution in [3.05, 3.63) is 121 Å². The molecule has 6 rings (SSSR count). The smallest absolute Gasteiger partial charge is 0.658 e. The van der Waals surface area contributed by atoms with E-state index >= 15 is 0 Å². The molecule has 0 spiro atoms. The molecule has 0 amide bonds. The van der Waals surface area contributed by atoms with Crippen LogP contribution in [0.1, 0.15) is 0 Å². The van der Waals surface area contributed by atoms with Gasteiger partial charge < -0.3 is 28.2 Å². The van der Waals surface area contributed by atoms with Gasteiger partial charge in [0.25, 0.3) is 0 Å². The Morgan fingerprint density at radius 1 is 0.490 bits per heavy atom. The van der Waals surface area contributed by atoms with E-state index in [9.17, 15) is 17.5 Å². The topological polar surface area (TPSA) is 112 Å². The van der Waals surface area contributed by atoms with Crippen molar-refractivity contribution in [2.45, 2.75) is 0 Å². The summed E-state index contributed by atoms with van der Waals surface area (Å²) >= 11 is -5.29. The molecule has 0 saturated carbocycles. The van der Waals surface area contributed by atoms with Crippen molar-refractivity contribution < 1.29 is 26.8 Å². The zero-order valence-corrected chi connectivity index (χ0v) is 28.8. The van der Waals surface area contributed by atoms with Gasteiger partial charge in [-0.05, 0) is 48.5 Å². The van der Waals surface area contributed by atoms with E-state index in [0.717, 1.165) is 40.6 Å². The number of fused-ring (bicyclic) bond motifs is 2. The van der Waals surface area contributed by atoms with Crippen molar-refractivity contribution in [1.29, 1.82) is 0 Å². The minimum atomic E-state index is -2.65. The van der Waals surface area contributed by atoms with E-state index in [4.69, 9.17) is 9.31 Å². The maximum Gasteiger partial charge on any atom is 0.658 e. The van der Waals surface area contributed by atoms with Crippen molar-refractivity contribution >= 4 is 85.9 Å². The molecule has 0 saturated heterocycles. The van der Waals surface area contributed by atoms with Crippen LogP contribution >= 0.6 is 0 Å². The van der Waals surface area contributed by atoms with Crippen molar-refractivity contribution in [1.82, 2.24) is 0 Å². The number of hydrogen-bond acceptors (Lipinski definition) is 8. The predicted octanol–water partition coefficient (Wildman–Crippen LogP) is 6.98. The van der Waals surface area contributed by atoms with E-state index in [0.29, 0.717) is 34.2 Å². The highest BCUT2D eigenvalue weighted by atomic mass is 32.2. The maximum atomic E-state index is 12.6. The lowest BCUT2D eigenvalue weighted by Gasteiger charge is -2.29. The highest BCUT2D eigenvalue weighted by Gasteiger charge is 2.18. The molecular weight excluding hydrogens is 659 g/mol. The van der Waals surface area contributed by atoms with Gasteiger partial charge in [-0.25, -0.2) is 0 Å². The molecule has 0 aromatic heterocycles. The van der Waals surface area contributed by atoms with Gasteiger partial charge in [0.05, 0.1) is 45.3 Å². The number of anilines is 6. The minimum absolute atomic E-state index is 0.327. The molecule has 0 fully saturated rings. The van der Waals surface area contributed by atoms with Gasteiger partial charge in [0, 0.05) is 73.2 Å². The summed E-state index contributed by atoms with van der Waals surface area (Å²) in [5, 5.41) is 3.37. The first-order valence-electron chi connectivity index (χ1n) is 15.2. The van der Waals surface area contributed by atoms with E-state index < -0.39 is 22.5 Å². The van der Waals surface area contributed by atoms with Crippen molar-refractivity contribution in [2.24, 2.45) is 0 Å². The molecule has 0 heterocycles. The Hall–Kier alpha value is -5.08. The number of benzene rings is 6. The second-order valence-corrected chi connectivity index (χ2v) is 13.0. The molecule has 0 aliphatic heterocycles. The van der Waals surface area contributed by atoms with Gasteiger partial charge in [0.15, 0.2) is 0 Å². The number of rotatable bonds is 12. The van der Waals surface area contributed by atoms with Crippen LogP contribution in [-0.4, -0.2) is 53.4 Å². The molecule has 49 heavy (non-hydrogen) atoms. The van der Waals surface area contributed by atoms with Gasteiger partial charge in [-0.15, -0.1) is 0 Å². The lowest BCUT2D eigenvalue weighted by Crippen LogP contribution is -2.20. The molecular formula is C36H32BN4O6S2-2. The number of hydrogen-bond donors (Lipinski definition) is 0. The summed E-state index contributed by atoms with van der Waals surface area (Å²) in [4.78, 5) is 3.96. The summed E-state index contributed by atoms with van der Waals surface area (Å²) in [7, 11) is 8.86. The summed E-state index contributed by atoms with van der Waals surface area (Å²) in [6.07, 6.45) is 0. The standard InChI is InChI=1S/C36H34BN4O6S2/c1-38(2)33-19-7-17-31-29(33)15-9-21-35(31)40(48(42)43)25-11-5-13-27(23-25)46-37-47-28-14-6-12-26(24-28)41(49(44)45)36-22-10-16-30-32(36)18-8-20-34(30)39(3)4/h5-24H,1-4H3,(H,42,43)(H,44,45)/p-2. The van der Waals surface area contributed by atoms with Crippen LogP contribution in [0.3, 0.4) is 0 Å². The average Bonchev–Trinajstić information content (AvgIpc) is 3.08. The fraction of sp³-hybridized carbons (Fsp3) is 0.111. The Balaban J connectivity index is 1.23. The van der Waals surface area contributed by atoms with Crippen LogP contribution in [0.5, 0.6) is 11.5 Å². The van der Waals surface area contributed by atoms with Gasteiger partial charge in [0.1, 0.15) is 11.5 Å². The van der Waals surface area contributed by atoms with Crippen molar-refractivity contribution in [2.75, 3.05) is 46.6 Å². The summed E-state index contributed by atoms with van der Waals surface area (Å²) in [6.45, 7) is 0. The van der Waals surface area contributed by atoms with E-state index in [-0.39, 0.29) is 0 Å². The largest absolute Gasteiger partial charge is 0.755 e. The zero-order chi connectivity index (χ0) is 34.7. The lowest BCUT2D eigenvalue weighted by atomic mass is 10.1. The summed E-state index contributed by atoms with van der Waals surface area (Å²) < 4.78 is 64.4. The van der Waals surface area contributed by atoms with E-state index in [1.54, 1.807) is 60.7 Å². The Labute approximate surface area is 291 Å². The second kappa shape index (κ2) is 14.6. The fourth-order valence-electron chi connectivity index (χ4n) is 5.80. The van der Waals surface area contributed by atoms with Crippen LogP contribution in [0.4, 0.5) is 34.1 Å². The first-order chi connectivity index (χ1) is 23.6. The van der Waals surface area contributed by atoms with Crippen molar-refractivity contribution in [3.63, 3.8) is 0 Å². The Morgan fingerprint density at radius 2 is 0.816 bits per heavy atom. The predicted molar refractivity (Wildman–Crippen MR) is 199 cm³/mol. The van der Waals surface area contributed by atoms with Crippen LogP contribution in [0.25, 0.3) is 21.5 Å². The molecule has 0 aliphatic rings. The normalized spacial score (nSPS) is 12.3.